The highest BCUT2D eigenvalue weighted by Gasteiger charge is 2.51. The van der Waals surface area contributed by atoms with Gasteiger partial charge in [-0.15, -0.1) is 0 Å². The molecule has 0 radical (unpaired) electrons. The van der Waals surface area contributed by atoms with Gasteiger partial charge in [0, 0.05) is 12.1 Å². The smallest absolute Gasteiger partial charge is 0.310 e. The van der Waals surface area contributed by atoms with Gasteiger partial charge in [-0.1, -0.05) is 12.8 Å². The van der Waals surface area contributed by atoms with E-state index in [0.717, 1.165) is 63.2 Å². The van der Waals surface area contributed by atoms with Gasteiger partial charge in [-0.05, 0) is 75.0 Å². The number of ether oxygens (including phenoxy) is 1. The zero-order chi connectivity index (χ0) is 20.2. The molecule has 1 aliphatic heterocycles. The first kappa shape index (κ1) is 19.8. The van der Waals surface area contributed by atoms with Crippen molar-refractivity contribution < 1.29 is 22.7 Å². The Labute approximate surface area is 173 Å². The average Bonchev–Trinajstić information content (AvgIpc) is 3.29. The summed E-state index contributed by atoms with van der Waals surface area (Å²) in [4.78, 5) is 27.8. The molecule has 1 amide bonds. The molecule has 29 heavy (non-hydrogen) atoms. The van der Waals surface area contributed by atoms with Crippen LogP contribution in [0.15, 0.2) is 0 Å². The monoisotopic (exact) mass is 423 g/mol. The number of nitrogens with zero attached hydrogens (tertiary/aromatic N) is 1. The summed E-state index contributed by atoms with van der Waals surface area (Å²) in [6.07, 6.45) is 10.4. The predicted octanol–water partition coefficient (Wildman–Crippen LogP) is 2.56. The first-order chi connectivity index (χ1) is 13.9. The molecule has 0 N–H and O–H groups in total. The van der Waals surface area contributed by atoms with Gasteiger partial charge in [0.2, 0.25) is 0 Å². The molecule has 0 aromatic carbocycles. The van der Waals surface area contributed by atoms with Crippen molar-refractivity contribution in [3.05, 3.63) is 0 Å². The summed E-state index contributed by atoms with van der Waals surface area (Å²) in [5.74, 6) is 2.28. The van der Waals surface area contributed by atoms with Gasteiger partial charge >= 0.3 is 5.97 Å². The van der Waals surface area contributed by atoms with Crippen LogP contribution in [0.5, 0.6) is 0 Å². The van der Waals surface area contributed by atoms with Crippen LogP contribution >= 0.6 is 0 Å². The van der Waals surface area contributed by atoms with Crippen LogP contribution in [0.1, 0.15) is 64.2 Å². The Hall–Kier alpha value is -1.11. The molecule has 162 valence electrons. The number of hydrogen-bond acceptors (Lipinski definition) is 5. The van der Waals surface area contributed by atoms with Crippen LogP contribution in [0.4, 0.5) is 0 Å². The van der Waals surface area contributed by atoms with Gasteiger partial charge in [0.15, 0.2) is 16.4 Å². The van der Waals surface area contributed by atoms with Crippen molar-refractivity contribution in [1.29, 1.82) is 0 Å². The Balaban J connectivity index is 1.23. The molecule has 0 aromatic rings. The standard InChI is InChI=1S/C22H33NO5S/c24-20(23(18-3-1-2-4-18)19-5-6-29(26,27)13-19)12-28-22(25)21-16-8-14-7-15(10-16)11-17(21)9-14/h14-19,21H,1-13H2. The first-order valence-electron chi connectivity index (χ1n) is 11.6. The fourth-order valence-electron chi connectivity index (χ4n) is 7.50. The average molecular weight is 424 g/mol. The van der Waals surface area contributed by atoms with Gasteiger partial charge in [-0.2, -0.15) is 0 Å². The SMILES string of the molecule is O=C(OCC(=O)N(C1CCCC1)C1CCS(=O)(=O)C1)C1C2CC3CC(C2)CC1C3. The highest BCUT2D eigenvalue weighted by Crippen LogP contribution is 2.56. The fraction of sp³-hybridized carbons (Fsp3) is 0.909. The lowest BCUT2D eigenvalue weighted by atomic mass is 9.52. The van der Waals surface area contributed by atoms with E-state index in [1.165, 1.54) is 6.42 Å². The van der Waals surface area contributed by atoms with Crippen molar-refractivity contribution in [3.63, 3.8) is 0 Å². The second-order valence-electron chi connectivity index (χ2n) is 10.4. The molecule has 6 rings (SSSR count). The molecule has 1 unspecified atom stereocenters. The maximum atomic E-state index is 13.1. The molecular formula is C22H33NO5S. The lowest BCUT2D eigenvalue weighted by Gasteiger charge is -2.53. The Morgan fingerprint density at radius 2 is 1.48 bits per heavy atom. The van der Waals surface area contributed by atoms with Gasteiger partial charge < -0.3 is 9.64 Å². The summed E-state index contributed by atoms with van der Waals surface area (Å²) in [6, 6.07) is -0.156. The molecule has 5 aliphatic carbocycles. The van der Waals surface area contributed by atoms with Crippen LogP contribution in [0.2, 0.25) is 0 Å². The fourth-order valence-corrected chi connectivity index (χ4v) is 9.21. The summed E-state index contributed by atoms with van der Waals surface area (Å²) in [6.45, 7) is -0.228. The first-order valence-corrected chi connectivity index (χ1v) is 13.4. The highest BCUT2D eigenvalue weighted by molar-refractivity contribution is 7.91. The summed E-state index contributed by atoms with van der Waals surface area (Å²) >= 11 is 0. The third-order valence-electron chi connectivity index (χ3n) is 8.44. The van der Waals surface area contributed by atoms with Crippen molar-refractivity contribution >= 4 is 21.7 Å². The number of sulfone groups is 1. The zero-order valence-electron chi connectivity index (χ0n) is 17.1. The Morgan fingerprint density at radius 3 is 2.03 bits per heavy atom. The molecule has 6 aliphatic rings. The maximum Gasteiger partial charge on any atom is 0.310 e. The van der Waals surface area contributed by atoms with Crippen LogP contribution in [-0.2, 0) is 24.2 Å². The Kier molecular flexibility index (Phi) is 5.16. The quantitative estimate of drug-likeness (QED) is 0.635. The van der Waals surface area contributed by atoms with Crippen LogP contribution in [0.25, 0.3) is 0 Å². The van der Waals surface area contributed by atoms with Gasteiger partial charge in [0.05, 0.1) is 17.4 Å². The molecule has 6 nitrogen and oxygen atoms in total. The van der Waals surface area contributed by atoms with E-state index in [-0.39, 0.29) is 48.0 Å². The molecule has 1 heterocycles. The Bertz CT molecular complexity index is 744. The second-order valence-corrected chi connectivity index (χ2v) is 12.6. The molecule has 6 fully saturated rings. The summed E-state index contributed by atoms with van der Waals surface area (Å²) in [7, 11) is -3.07. The molecule has 0 spiro atoms. The summed E-state index contributed by atoms with van der Waals surface area (Å²) in [5.41, 5.74) is 0. The maximum absolute atomic E-state index is 13.1. The van der Waals surface area contributed by atoms with E-state index < -0.39 is 9.84 Å². The molecule has 4 bridgehead atoms. The molecule has 7 heteroatoms. The van der Waals surface area contributed by atoms with Gasteiger partial charge in [0.25, 0.3) is 5.91 Å². The third kappa shape index (κ3) is 3.84. The number of esters is 1. The van der Waals surface area contributed by atoms with Crippen LogP contribution in [-0.4, -0.2) is 55.4 Å². The third-order valence-corrected chi connectivity index (χ3v) is 10.2. The Morgan fingerprint density at radius 1 is 0.862 bits per heavy atom. The van der Waals surface area contributed by atoms with E-state index in [4.69, 9.17) is 4.74 Å². The summed E-state index contributed by atoms with van der Waals surface area (Å²) in [5, 5.41) is 0. The lowest BCUT2D eigenvalue weighted by Crippen LogP contribution is -2.50. The van der Waals surface area contributed by atoms with Crippen LogP contribution < -0.4 is 0 Å². The van der Waals surface area contributed by atoms with Crippen molar-refractivity contribution in [1.82, 2.24) is 4.90 Å². The van der Waals surface area contributed by atoms with Crippen molar-refractivity contribution in [2.75, 3.05) is 18.1 Å². The van der Waals surface area contributed by atoms with E-state index in [9.17, 15) is 18.0 Å². The zero-order valence-corrected chi connectivity index (χ0v) is 17.9. The lowest BCUT2D eigenvalue weighted by molar-refractivity contribution is -0.167. The number of amides is 1. The molecule has 0 aromatic heterocycles. The van der Waals surface area contributed by atoms with Crippen molar-refractivity contribution in [3.8, 4) is 0 Å². The predicted molar refractivity (Wildman–Crippen MR) is 108 cm³/mol. The highest BCUT2D eigenvalue weighted by atomic mass is 32.2. The van der Waals surface area contributed by atoms with Gasteiger partial charge in [0.1, 0.15) is 0 Å². The molecule has 1 saturated heterocycles. The summed E-state index contributed by atoms with van der Waals surface area (Å²) < 4.78 is 29.6. The molecular weight excluding hydrogens is 390 g/mol. The molecule has 5 saturated carbocycles. The van der Waals surface area contributed by atoms with Crippen molar-refractivity contribution in [2.45, 2.75) is 76.3 Å². The number of hydrogen-bond donors (Lipinski definition) is 0. The number of carbonyl (C=O) groups excluding carboxylic acids is 2. The van der Waals surface area contributed by atoms with Gasteiger partial charge in [-0.25, -0.2) is 8.42 Å². The number of rotatable bonds is 5. The van der Waals surface area contributed by atoms with E-state index in [1.54, 1.807) is 4.90 Å². The minimum absolute atomic E-state index is 0.0256. The normalized spacial score (nSPS) is 40.3. The minimum Gasteiger partial charge on any atom is -0.455 e. The second kappa shape index (κ2) is 7.54. The van der Waals surface area contributed by atoms with Crippen LogP contribution in [0.3, 0.4) is 0 Å². The van der Waals surface area contributed by atoms with Crippen LogP contribution in [0, 0.1) is 29.6 Å². The van der Waals surface area contributed by atoms with E-state index in [2.05, 4.69) is 0 Å². The van der Waals surface area contributed by atoms with E-state index in [0.29, 0.717) is 18.3 Å². The van der Waals surface area contributed by atoms with Crippen molar-refractivity contribution in [2.24, 2.45) is 29.6 Å². The largest absolute Gasteiger partial charge is 0.455 e. The van der Waals surface area contributed by atoms with Gasteiger partial charge in [-0.3, -0.25) is 9.59 Å². The number of carbonyl (C=O) groups is 2. The topological polar surface area (TPSA) is 80.8 Å². The van der Waals surface area contributed by atoms with E-state index >= 15 is 0 Å². The minimum atomic E-state index is -3.07. The van der Waals surface area contributed by atoms with E-state index in [1.807, 2.05) is 0 Å². The molecule has 1 atom stereocenters.